The Morgan fingerprint density at radius 1 is 0.973 bits per heavy atom. The van der Waals surface area contributed by atoms with Gasteiger partial charge in [-0.05, 0) is 91.7 Å². The highest BCUT2D eigenvalue weighted by Gasteiger charge is 2.36. The van der Waals surface area contributed by atoms with Crippen LogP contribution in [0.15, 0.2) is 103 Å². The summed E-state index contributed by atoms with van der Waals surface area (Å²) in [4.78, 5) is 16.1. The van der Waals surface area contributed by atoms with E-state index in [1.165, 1.54) is 0 Å². The molecule has 1 unspecified atom stereocenters. The highest BCUT2D eigenvalue weighted by molar-refractivity contribution is 6.30. The molecule has 0 radical (unpaired) electrons. The molecule has 190 valence electrons. The highest BCUT2D eigenvalue weighted by Crippen LogP contribution is 2.39. The van der Waals surface area contributed by atoms with Gasteiger partial charge in [0.05, 0.1) is 5.56 Å². The zero-order valence-corrected chi connectivity index (χ0v) is 21.9. The van der Waals surface area contributed by atoms with Crippen molar-refractivity contribution in [3.8, 4) is 11.5 Å². The van der Waals surface area contributed by atoms with E-state index in [0.717, 1.165) is 31.6 Å². The topological polar surface area (TPSA) is 41.6 Å². The maximum Gasteiger partial charge on any atom is 0.262 e. The van der Waals surface area contributed by atoms with Crippen LogP contribution >= 0.6 is 11.6 Å². The van der Waals surface area contributed by atoms with E-state index in [2.05, 4.69) is 36.5 Å². The lowest BCUT2D eigenvalue weighted by Crippen LogP contribution is -2.38. The molecule has 0 spiro atoms. The van der Waals surface area contributed by atoms with E-state index in [4.69, 9.17) is 16.3 Å². The van der Waals surface area contributed by atoms with Gasteiger partial charge in [0.25, 0.3) is 5.91 Å². The van der Waals surface area contributed by atoms with Crippen LogP contribution in [0.3, 0.4) is 0 Å². The molecule has 37 heavy (non-hydrogen) atoms. The van der Waals surface area contributed by atoms with Gasteiger partial charge in [-0.3, -0.25) is 4.79 Å². The molecular weight excluding hydrogens is 480 g/mol. The van der Waals surface area contributed by atoms with Crippen molar-refractivity contribution in [1.29, 1.82) is 0 Å². The van der Waals surface area contributed by atoms with E-state index < -0.39 is 0 Å². The average Bonchev–Trinajstić information content (AvgIpc) is 3.34. The van der Waals surface area contributed by atoms with Crippen LogP contribution in [0.2, 0.25) is 5.02 Å². The molecule has 0 saturated carbocycles. The molecule has 0 aromatic heterocycles. The SMILES string of the molecule is CC1(C[C@H]2CNC[C@@H]2CN(C(=O)c2ccccc2Oc2ccccc2)c2ccc(Cl)cc2)C=CC=CC1. The summed E-state index contributed by atoms with van der Waals surface area (Å²) in [5, 5.41) is 4.24. The number of halogens is 1. The number of para-hydroxylation sites is 2. The Labute approximate surface area is 224 Å². The highest BCUT2D eigenvalue weighted by atomic mass is 35.5. The number of allylic oxidation sites excluding steroid dienone is 4. The van der Waals surface area contributed by atoms with Crippen molar-refractivity contribution < 1.29 is 9.53 Å². The molecule has 4 nitrogen and oxygen atoms in total. The van der Waals surface area contributed by atoms with E-state index >= 15 is 0 Å². The fraction of sp³-hybridized carbons (Fsp3) is 0.281. The van der Waals surface area contributed by atoms with E-state index in [-0.39, 0.29) is 11.3 Å². The third kappa shape index (κ3) is 6.15. The van der Waals surface area contributed by atoms with Gasteiger partial charge in [0.1, 0.15) is 11.5 Å². The van der Waals surface area contributed by atoms with Crippen LogP contribution < -0.4 is 15.0 Å². The van der Waals surface area contributed by atoms with Gasteiger partial charge in [0, 0.05) is 17.3 Å². The van der Waals surface area contributed by atoms with E-state index in [9.17, 15) is 4.79 Å². The number of hydrogen-bond acceptors (Lipinski definition) is 3. The number of anilines is 1. The lowest BCUT2D eigenvalue weighted by Gasteiger charge is -2.34. The number of carbonyl (C=O) groups excluding carboxylic acids is 1. The normalized spacial score (nSPS) is 22.6. The number of nitrogens with one attached hydrogen (secondary N) is 1. The predicted molar refractivity (Wildman–Crippen MR) is 152 cm³/mol. The number of carbonyl (C=O) groups is 1. The lowest BCUT2D eigenvalue weighted by atomic mass is 9.74. The van der Waals surface area contributed by atoms with Crippen molar-refractivity contribution in [3.63, 3.8) is 0 Å². The van der Waals surface area contributed by atoms with E-state index in [0.29, 0.717) is 40.5 Å². The fourth-order valence-corrected chi connectivity index (χ4v) is 5.54. The van der Waals surface area contributed by atoms with Crippen molar-refractivity contribution in [1.82, 2.24) is 5.32 Å². The Kier molecular flexibility index (Phi) is 7.78. The van der Waals surface area contributed by atoms with Gasteiger partial charge in [-0.1, -0.05) is 73.2 Å². The van der Waals surface area contributed by atoms with Crippen LogP contribution in [-0.4, -0.2) is 25.5 Å². The first-order valence-corrected chi connectivity index (χ1v) is 13.3. The zero-order chi connectivity index (χ0) is 25.7. The van der Waals surface area contributed by atoms with Gasteiger partial charge >= 0.3 is 0 Å². The first kappa shape index (κ1) is 25.3. The second-order valence-corrected chi connectivity index (χ2v) is 10.8. The monoisotopic (exact) mass is 512 g/mol. The van der Waals surface area contributed by atoms with Crippen LogP contribution in [-0.2, 0) is 0 Å². The molecule has 3 atom stereocenters. The summed E-state index contributed by atoms with van der Waals surface area (Å²) in [6.07, 6.45) is 11.0. The van der Waals surface area contributed by atoms with Crippen molar-refractivity contribution in [2.75, 3.05) is 24.5 Å². The van der Waals surface area contributed by atoms with Crippen LogP contribution in [0.4, 0.5) is 5.69 Å². The molecule has 1 N–H and O–H groups in total. The van der Waals surface area contributed by atoms with Crippen LogP contribution in [0.25, 0.3) is 0 Å². The van der Waals surface area contributed by atoms with E-state index in [1.807, 2.05) is 83.8 Å². The minimum absolute atomic E-state index is 0.0776. The molecule has 1 aliphatic heterocycles. The van der Waals surface area contributed by atoms with Crippen LogP contribution in [0.1, 0.15) is 30.1 Å². The predicted octanol–water partition coefficient (Wildman–Crippen LogP) is 7.53. The zero-order valence-electron chi connectivity index (χ0n) is 21.1. The number of amides is 1. The summed E-state index contributed by atoms with van der Waals surface area (Å²) >= 11 is 6.20. The van der Waals surface area contributed by atoms with Crippen molar-refractivity contribution >= 4 is 23.2 Å². The molecule has 1 amide bonds. The Morgan fingerprint density at radius 3 is 2.46 bits per heavy atom. The molecule has 5 heteroatoms. The lowest BCUT2D eigenvalue weighted by molar-refractivity contribution is 0.0978. The summed E-state index contributed by atoms with van der Waals surface area (Å²) < 4.78 is 6.15. The molecule has 3 aromatic carbocycles. The number of hydrogen-bond donors (Lipinski definition) is 1. The molecule has 2 aliphatic rings. The maximum absolute atomic E-state index is 14.2. The minimum atomic E-state index is -0.0776. The molecule has 0 bridgehead atoms. The first-order chi connectivity index (χ1) is 18.0. The Bertz CT molecular complexity index is 1270. The molecule has 5 rings (SSSR count). The fourth-order valence-electron chi connectivity index (χ4n) is 5.42. The molecule has 3 aromatic rings. The summed E-state index contributed by atoms with van der Waals surface area (Å²) in [5.41, 5.74) is 1.52. The Balaban J connectivity index is 1.42. The Morgan fingerprint density at radius 2 is 1.70 bits per heavy atom. The van der Waals surface area contributed by atoms with Gasteiger partial charge in [-0.15, -0.1) is 0 Å². The maximum atomic E-state index is 14.2. The van der Waals surface area contributed by atoms with Gasteiger partial charge in [-0.25, -0.2) is 0 Å². The summed E-state index contributed by atoms with van der Waals surface area (Å²) in [7, 11) is 0. The third-order valence-electron chi connectivity index (χ3n) is 7.43. The number of rotatable bonds is 8. The second-order valence-electron chi connectivity index (χ2n) is 10.3. The Hall–Kier alpha value is -3.34. The minimum Gasteiger partial charge on any atom is -0.457 e. The first-order valence-electron chi connectivity index (χ1n) is 13.0. The largest absolute Gasteiger partial charge is 0.457 e. The van der Waals surface area contributed by atoms with E-state index in [1.54, 1.807) is 0 Å². The van der Waals surface area contributed by atoms with Crippen molar-refractivity contribution in [2.24, 2.45) is 17.3 Å². The summed E-state index contributed by atoms with van der Waals surface area (Å²) in [6, 6.07) is 24.6. The van der Waals surface area contributed by atoms with Crippen LogP contribution in [0.5, 0.6) is 11.5 Å². The molecule has 1 saturated heterocycles. The second kappa shape index (κ2) is 11.4. The smallest absolute Gasteiger partial charge is 0.262 e. The molecular formula is C32H33ClN2O2. The molecule has 1 fully saturated rings. The number of nitrogens with zero attached hydrogens (tertiary/aromatic N) is 1. The summed E-state index contributed by atoms with van der Waals surface area (Å²) in [6.45, 7) is 4.81. The van der Waals surface area contributed by atoms with Crippen molar-refractivity contribution in [3.05, 3.63) is 114 Å². The standard InChI is InChI=1S/C32H33ClN2O2/c1-32(18-8-3-9-19-32)20-24-21-34-22-25(24)23-35(27-16-14-26(33)15-17-27)31(36)29-12-6-7-13-30(29)37-28-10-4-2-5-11-28/h2-18,24-25,34H,19-23H2,1H3/t24-,25+,32?/m0/s1. The van der Waals surface area contributed by atoms with Gasteiger partial charge in [-0.2, -0.15) is 0 Å². The van der Waals surface area contributed by atoms with Crippen LogP contribution in [0, 0.1) is 17.3 Å². The number of ether oxygens (including phenoxy) is 1. The van der Waals surface area contributed by atoms with Gasteiger partial charge in [0.15, 0.2) is 0 Å². The number of benzene rings is 3. The van der Waals surface area contributed by atoms with Gasteiger partial charge in [0.2, 0.25) is 0 Å². The molecule has 1 heterocycles. The van der Waals surface area contributed by atoms with Crippen molar-refractivity contribution in [2.45, 2.75) is 19.8 Å². The average molecular weight is 513 g/mol. The molecule has 1 aliphatic carbocycles. The van der Waals surface area contributed by atoms with Gasteiger partial charge < -0.3 is 15.0 Å². The quantitative estimate of drug-likeness (QED) is 0.339. The third-order valence-corrected chi connectivity index (χ3v) is 7.68. The summed E-state index contributed by atoms with van der Waals surface area (Å²) in [5.74, 6) is 1.97.